The molecule has 1 fully saturated rings. The highest BCUT2D eigenvalue weighted by Crippen LogP contribution is 2.35. The summed E-state index contributed by atoms with van der Waals surface area (Å²) in [6.07, 6.45) is 1.65. The van der Waals surface area contributed by atoms with E-state index in [0.29, 0.717) is 42.5 Å². The molecule has 0 bridgehead atoms. The molecule has 2 aromatic carbocycles. The van der Waals surface area contributed by atoms with Crippen molar-refractivity contribution in [2.75, 3.05) is 37.5 Å². The van der Waals surface area contributed by atoms with Crippen LogP contribution in [-0.2, 0) is 9.53 Å². The van der Waals surface area contributed by atoms with Crippen LogP contribution in [0.5, 0.6) is 11.5 Å². The first-order valence-electron chi connectivity index (χ1n) is 12.5. The van der Waals surface area contributed by atoms with Gasteiger partial charge >= 0.3 is 0 Å². The average Bonchev–Trinajstić information content (AvgIpc) is 3.60. The number of ether oxygens (including phenoxy) is 3. The van der Waals surface area contributed by atoms with E-state index >= 15 is 0 Å². The SMILES string of the molecule is CCOc1ccc(C(C(=O)NCC2CCCO2)N(C(=O)c2snc(C(N)=O)c2N)c2cccc(OC)c2)cc1. The highest BCUT2D eigenvalue weighted by molar-refractivity contribution is 7.09. The van der Waals surface area contributed by atoms with Gasteiger partial charge in [-0.2, -0.15) is 4.37 Å². The molecule has 11 nitrogen and oxygen atoms in total. The number of primary amides is 1. The highest BCUT2D eigenvalue weighted by Gasteiger charge is 2.36. The second-order valence-corrected chi connectivity index (χ2v) is 9.57. The van der Waals surface area contributed by atoms with Crippen molar-refractivity contribution in [1.82, 2.24) is 9.69 Å². The van der Waals surface area contributed by atoms with Gasteiger partial charge in [0, 0.05) is 24.9 Å². The zero-order valence-corrected chi connectivity index (χ0v) is 22.5. The Morgan fingerprint density at radius 1 is 1.21 bits per heavy atom. The van der Waals surface area contributed by atoms with E-state index in [1.807, 2.05) is 6.92 Å². The van der Waals surface area contributed by atoms with Gasteiger partial charge in [0.15, 0.2) is 5.69 Å². The molecule has 2 unspecified atom stereocenters. The zero-order valence-electron chi connectivity index (χ0n) is 21.7. The number of anilines is 2. The fraction of sp³-hybridized carbons (Fsp3) is 0.333. The van der Waals surface area contributed by atoms with Crippen LogP contribution in [0.25, 0.3) is 0 Å². The second-order valence-electron chi connectivity index (χ2n) is 8.80. The standard InChI is InChI=1S/C27H31N5O6S/c1-3-37-18-11-9-16(10-12-18)23(26(34)30-15-20-8-5-13-38-20)32(17-6-4-7-19(14-17)36-2)27(35)24-21(28)22(25(29)33)31-39-24/h4,6-7,9-12,14,20,23H,3,5,8,13,15,28H2,1-2H3,(H2,29,33)(H,30,34). The third-order valence-corrected chi connectivity index (χ3v) is 7.10. The Labute approximate surface area is 230 Å². The van der Waals surface area contributed by atoms with E-state index in [1.165, 1.54) is 12.0 Å². The van der Waals surface area contributed by atoms with E-state index in [9.17, 15) is 14.4 Å². The molecular formula is C27H31N5O6S. The lowest BCUT2D eigenvalue weighted by Gasteiger charge is -2.32. The summed E-state index contributed by atoms with van der Waals surface area (Å²) in [5.74, 6) is -0.809. The molecule has 0 spiro atoms. The minimum Gasteiger partial charge on any atom is -0.497 e. The quantitative estimate of drug-likeness (QED) is 0.327. The van der Waals surface area contributed by atoms with Gasteiger partial charge < -0.3 is 31.0 Å². The average molecular weight is 554 g/mol. The van der Waals surface area contributed by atoms with Crippen LogP contribution < -0.4 is 31.2 Å². The number of hydrogen-bond donors (Lipinski definition) is 3. The molecular weight excluding hydrogens is 522 g/mol. The molecule has 2 heterocycles. The number of hydrogen-bond acceptors (Lipinski definition) is 9. The monoisotopic (exact) mass is 553 g/mol. The zero-order chi connectivity index (χ0) is 27.9. The van der Waals surface area contributed by atoms with Gasteiger partial charge in [-0.05, 0) is 61.1 Å². The summed E-state index contributed by atoms with van der Waals surface area (Å²) < 4.78 is 20.6. The van der Waals surface area contributed by atoms with E-state index < -0.39 is 23.8 Å². The molecule has 1 aliphatic heterocycles. The van der Waals surface area contributed by atoms with E-state index in [0.717, 1.165) is 24.4 Å². The summed E-state index contributed by atoms with van der Waals surface area (Å²) in [5, 5.41) is 2.95. The predicted molar refractivity (Wildman–Crippen MR) is 147 cm³/mol. The number of nitrogens with zero attached hydrogens (tertiary/aromatic N) is 2. The third-order valence-electron chi connectivity index (χ3n) is 6.25. The number of carbonyl (C=O) groups excluding carboxylic acids is 3. The number of carbonyl (C=O) groups is 3. The van der Waals surface area contributed by atoms with Crippen molar-refractivity contribution in [1.29, 1.82) is 0 Å². The van der Waals surface area contributed by atoms with Crippen molar-refractivity contribution in [3.05, 3.63) is 64.7 Å². The minimum atomic E-state index is -1.12. The van der Waals surface area contributed by atoms with Crippen LogP contribution in [0.4, 0.5) is 11.4 Å². The number of benzene rings is 2. The third kappa shape index (κ3) is 6.29. The van der Waals surface area contributed by atoms with Gasteiger partial charge in [-0.3, -0.25) is 19.3 Å². The Balaban J connectivity index is 1.82. The molecule has 1 saturated heterocycles. The number of rotatable bonds is 11. The summed E-state index contributed by atoms with van der Waals surface area (Å²) in [6.45, 7) is 3.29. The molecule has 39 heavy (non-hydrogen) atoms. The predicted octanol–water partition coefficient (Wildman–Crippen LogP) is 2.91. The molecule has 5 N–H and O–H groups in total. The number of nitrogens with two attached hydrogens (primary N) is 2. The van der Waals surface area contributed by atoms with Crippen LogP contribution in [0.3, 0.4) is 0 Å². The molecule has 3 aromatic rings. The fourth-order valence-electron chi connectivity index (χ4n) is 4.33. The summed E-state index contributed by atoms with van der Waals surface area (Å²) in [6, 6.07) is 12.6. The summed E-state index contributed by atoms with van der Waals surface area (Å²) in [7, 11) is 1.50. The van der Waals surface area contributed by atoms with E-state index in [4.69, 9.17) is 25.7 Å². The normalized spacial score (nSPS) is 15.4. The fourth-order valence-corrected chi connectivity index (χ4v) is 5.07. The molecule has 0 saturated carbocycles. The second kappa shape index (κ2) is 12.6. The first-order valence-corrected chi connectivity index (χ1v) is 13.3. The van der Waals surface area contributed by atoms with Crippen LogP contribution in [0.2, 0.25) is 0 Å². The topological polar surface area (TPSA) is 159 Å². The van der Waals surface area contributed by atoms with Crippen LogP contribution in [-0.4, -0.2) is 55.1 Å². The maximum absolute atomic E-state index is 14.1. The van der Waals surface area contributed by atoms with Gasteiger partial charge in [-0.15, -0.1) is 0 Å². The molecule has 3 amide bonds. The number of methoxy groups -OCH3 is 1. The molecule has 1 aliphatic rings. The Morgan fingerprint density at radius 3 is 2.59 bits per heavy atom. The Kier molecular flexibility index (Phi) is 8.99. The smallest absolute Gasteiger partial charge is 0.273 e. The molecule has 0 aliphatic carbocycles. The number of aromatic nitrogens is 1. The number of nitrogen functional groups attached to an aromatic ring is 1. The number of nitrogens with one attached hydrogen (secondary N) is 1. The molecule has 2 atom stereocenters. The lowest BCUT2D eigenvalue weighted by atomic mass is 10.0. The Bertz CT molecular complexity index is 1320. The van der Waals surface area contributed by atoms with E-state index in [2.05, 4.69) is 9.69 Å². The van der Waals surface area contributed by atoms with Crippen molar-refractivity contribution < 1.29 is 28.6 Å². The summed E-state index contributed by atoms with van der Waals surface area (Å²) in [4.78, 5) is 41.1. The molecule has 12 heteroatoms. The minimum absolute atomic E-state index is 0.0190. The van der Waals surface area contributed by atoms with Crippen LogP contribution >= 0.6 is 11.5 Å². The summed E-state index contributed by atoms with van der Waals surface area (Å²) in [5.41, 5.74) is 12.1. The van der Waals surface area contributed by atoms with Crippen LogP contribution in [0.15, 0.2) is 48.5 Å². The molecule has 4 rings (SSSR count). The van der Waals surface area contributed by atoms with E-state index in [1.54, 1.807) is 48.5 Å². The maximum atomic E-state index is 14.1. The van der Waals surface area contributed by atoms with Gasteiger partial charge in [-0.25, -0.2) is 0 Å². The van der Waals surface area contributed by atoms with Gasteiger partial charge in [0.25, 0.3) is 11.8 Å². The maximum Gasteiger partial charge on any atom is 0.273 e. The lowest BCUT2D eigenvalue weighted by Crippen LogP contribution is -2.45. The lowest BCUT2D eigenvalue weighted by molar-refractivity contribution is -0.123. The van der Waals surface area contributed by atoms with Crippen molar-refractivity contribution >= 4 is 40.6 Å². The van der Waals surface area contributed by atoms with Crippen molar-refractivity contribution in [3.63, 3.8) is 0 Å². The molecule has 0 radical (unpaired) electrons. The van der Waals surface area contributed by atoms with Gasteiger partial charge in [-0.1, -0.05) is 18.2 Å². The number of amides is 3. The Hall–Kier alpha value is -4.16. The van der Waals surface area contributed by atoms with Crippen LogP contribution in [0.1, 0.15) is 51.5 Å². The summed E-state index contributed by atoms with van der Waals surface area (Å²) >= 11 is 0.743. The van der Waals surface area contributed by atoms with Crippen molar-refractivity contribution in [2.24, 2.45) is 5.73 Å². The van der Waals surface area contributed by atoms with E-state index in [-0.39, 0.29) is 22.4 Å². The van der Waals surface area contributed by atoms with Gasteiger partial charge in [0.05, 0.1) is 25.5 Å². The largest absolute Gasteiger partial charge is 0.497 e. The highest BCUT2D eigenvalue weighted by atomic mass is 32.1. The first kappa shape index (κ1) is 27.9. The molecule has 206 valence electrons. The van der Waals surface area contributed by atoms with Gasteiger partial charge in [0.1, 0.15) is 22.4 Å². The Morgan fingerprint density at radius 2 is 1.97 bits per heavy atom. The van der Waals surface area contributed by atoms with Crippen molar-refractivity contribution in [2.45, 2.75) is 31.9 Å². The molecule has 1 aromatic heterocycles. The van der Waals surface area contributed by atoms with Gasteiger partial charge in [0.2, 0.25) is 5.91 Å². The van der Waals surface area contributed by atoms with Crippen molar-refractivity contribution in [3.8, 4) is 11.5 Å². The first-order chi connectivity index (χ1) is 18.8. The van der Waals surface area contributed by atoms with Crippen LogP contribution in [0, 0.1) is 0 Å².